The molecule has 3 aromatic rings. The van der Waals surface area contributed by atoms with Crippen molar-refractivity contribution < 1.29 is 24.9 Å². The standard InChI is InChI=1S/C21H14NO.Ir/c23-21-11-5-10-19(22-20-9-4-3-8-18(20)21)17-13-12-15-6-1-2-7-16(15)14-17;/h1-10,12,14H,11H2;/q-1;/b10-5-,22-19?;. The van der Waals surface area contributed by atoms with E-state index in [1.165, 1.54) is 0 Å². The van der Waals surface area contributed by atoms with Gasteiger partial charge in [-0.2, -0.15) is 0 Å². The first-order valence-corrected chi connectivity index (χ1v) is 7.59. The van der Waals surface area contributed by atoms with Crippen LogP contribution in [-0.2, 0) is 20.1 Å². The van der Waals surface area contributed by atoms with E-state index in [1.807, 2.05) is 54.6 Å². The number of para-hydroxylation sites is 1. The predicted octanol–water partition coefficient (Wildman–Crippen LogP) is 4.90. The van der Waals surface area contributed by atoms with E-state index in [-0.39, 0.29) is 25.9 Å². The van der Waals surface area contributed by atoms with Gasteiger partial charge in [0.25, 0.3) is 0 Å². The molecule has 0 bridgehead atoms. The van der Waals surface area contributed by atoms with Crippen molar-refractivity contribution in [2.45, 2.75) is 6.42 Å². The minimum absolute atomic E-state index is 0. The van der Waals surface area contributed by atoms with E-state index in [2.05, 4.69) is 24.3 Å². The molecule has 1 aliphatic heterocycles. The summed E-state index contributed by atoms with van der Waals surface area (Å²) < 4.78 is 0. The summed E-state index contributed by atoms with van der Waals surface area (Å²) in [5, 5.41) is 2.31. The summed E-state index contributed by atoms with van der Waals surface area (Å²) in [4.78, 5) is 16.9. The Balaban J connectivity index is 0.00000169. The van der Waals surface area contributed by atoms with E-state index in [9.17, 15) is 4.79 Å². The van der Waals surface area contributed by atoms with Crippen LogP contribution in [0.4, 0.5) is 5.69 Å². The molecule has 1 heterocycles. The van der Waals surface area contributed by atoms with Crippen LogP contribution in [0.15, 0.2) is 77.8 Å². The van der Waals surface area contributed by atoms with Gasteiger partial charge in [0.1, 0.15) is 0 Å². The molecule has 0 saturated heterocycles. The number of hydrogen-bond donors (Lipinski definition) is 0. The van der Waals surface area contributed by atoms with E-state index in [1.54, 1.807) is 0 Å². The van der Waals surface area contributed by atoms with Crippen molar-refractivity contribution in [3.8, 4) is 0 Å². The fraction of sp³-hybridized carbons (Fsp3) is 0.0476. The Bertz CT molecular complexity index is 972. The Morgan fingerprint density at radius 3 is 2.58 bits per heavy atom. The van der Waals surface area contributed by atoms with E-state index >= 15 is 0 Å². The number of hydrogen-bond acceptors (Lipinski definition) is 2. The molecule has 0 fully saturated rings. The van der Waals surface area contributed by atoms with Gasteiger partial charge >= 0.3 is 0 Å². The fourth-order valence-corrected chi connectivity index (χ4v) is 2.79. The second-order valence-corrected chi connectivity index (χ2v) is 5.52. The van der Waals surface area contributed by atoms with Crippen LogP contribution in [-0.4, -0.2) is 11.5 Å². The van der Waals surface area contributed by atoms with Crippen molar-refractivity contribution >= 4 is 28.0 Å². The molecule has 2 nitrogen and oxygen atoms in total. The van der Waals surface area contributed by atoms with Gasteiger partial charge in [0.15, 0.2) is 5.78 Å². The summed E-state index contributed by atoms with van der Waals surface area (Å²) in [7, 11) is 0. The molecule has 1 radical (unpaired) electrons. The molecule has 3 aromatic carbocycles. The van der Waals surface area contributed by atoms with Crippen molar-refractivity contribution in [1.29, 1.82) is 0 Å². The maximum Gasteiger partial charge on any atom is 0.168 e. The molecule has 24 heavy (non-hydrogen) atoms. The van der Waals surface area contributed by atoms with Gasteiger partial charge < -0.3 is 0 Å². The van der Waals surface area contributed by atoms with Crippen molar-refractivity contribution in [2.75, 3.05) is 0 Å². The molecule has 0 unspecified atom stereocenters. The Morgan fingerprint density at radius 2 is 1.71 bits per heavy atom. The number of nitrogens with zero attached hydrogens (tertiary/aromatic N) is 1. The van der Waals surface area contributed by atoms with Gasteiger partial charge in [-0.15, -0.1) is 29.1 Å². The number of ketones is 1. The zero-order valence-electron chi connectivity index (χ0n) is 12.8. The zero-order chi connectivity index (χ0) is 15.6. The molecule has 0 aromatic heterocycles. The van der Waals surface area contributed by atoms with Gasteiger partial charge in [0.05, 0.1) is 5.69 Å². The Hall–Kier alpha value is -2.35. The molecular weight excluding hydrogens is 474 g/mol. The van der Waals surface area contributed by atoms with Crippen LogP contribution >= 0.6 is 0 Å². The number of fused-ring (bicyclic) bond motifs is 2. The van der Waals surface area contributed by atoms with E-state index in [0.29, 0.717) is 12.0 Å². The average Bonchev–Trinajstić information content (AvgIpc) is 2.59. The number of rotatable bonds is 1. The first-order valence-electron chi connectivity index (χ1n) is 7.59. The largest absolute Gasteiger partial charge is 0.296 e. The summed E-state index contributed by atoms with van der Waals surface area (Å²) in [6.45, 7) is 0. The van der Waals surface area contributed by atoms with Gasteiger partial charge in [0, 0.05) is 32.1 Å². The Labute approximate surface area is 154 Å². The van der Waals surface area contributed by atoms with Crippen molar-refractivity contribution in [1.82, 2.24) is 0 Å². The summed E-state index contributed by atoms with van der Waals surface area (Å²) in [6.07, 6.45) is 4.18. The van der Waals surface area contributed by atoms with Crippen LogP contribution in [0.2, 0.25) is 0 Å². The predicted molar refractivity (Wildman–Crippen MR) is 93.5 cm³/mol. The van der Waals surface area contributed by atoms with Crippen LogP contribution < -0.4 is 0 Å². The third-order valence-electron chi connectivity index (χ3n) is 3.98. The number of allylic oxidation sites excluding steroid dienone is 2. The number of carbonyl (C=O) groups excluding carboxylic acids is 1. The molecule has 3 heteroatoms. The first-order chi connectivity index (χ1) is 11.3. The van der Waals surface area contributed by atoms with Crippen LogP contribution in [0.3, 0.4) is 0 Å². The average molecular weight is 489 g/mol. The van der Waals surface area contributed by atoms with Gasteiger partial charge in [-0.05, 0) is 17.8 Å². The maximum atomic E-state index is 12.1. The van der Waals surface area contributed by atoms with Crippen LogP contribution in [0.5, 0.6) is 0 Å². The second kappa shape index (κ2) is 7.04. The molecule has 1 aliphatic rings. The summed E-state index contributed by atoms with van der Waals surface area (Å²) >= 11 is 0. The normalized spacial score (nSPS) is 14.8. The smallest absolute Gasteiger partial charge is 0.168 e. The number of benzene rings is 3. The van der Waals surface area contributed by atoms with E-state index in [4.69, 9.17) is 4.99 Å². The number of aliphatic imine (C=N–C) groups is 1. The van der Waals surface area contributed by atoms with Crippen molar-refractivity contribution in [3.63, 3.8) is 0 Å². The third-order valence-corrected chi connectivity index (χ3v) is 3.98. The van der Waals surface area contributed by atoms with Gasteiger partial charge in [-0.25, -0.2) is 0 Å². The molecule has 119 valence electrons. The molecule has 4 rings (SSSR count). The van der Waals surface area contributed by atoms with Gasteiger partial charge in [-0.3, -0.25) is 9.79 Å². The molecule has 0 spiro atoms. The Kier molecular flexibility index (Phi) is 4.84. The maximum absolute atomic E-state index is 12.1. The molecule has 0 N–H and O–H groups in total. The molecular formula is C21H14IrNO-. The SMILES string of the molecule is O=C1C/C=C\C(c2[c-]cc3ccccc3c2)=Nc2ccccc21.[Ir]. The zero-order valence-corrected chi connectivity index (χ0v) is 15.2. The minimum atomic E-state index is 0. The monoisotopic (exact) mass is 489 g/mol. The number of Topliss-reactive ketones (excluding diaryl/α,β-unsaturated/α-hetero) is 1. The van der Waals surface area contributed by atoms with Crippen LogP contribution in [0.1, 0.15) is 22.3 Å². The quantitative estimate of drug-likeness (QED) is 0.448. The molecule has 0 amide bonds. The van der Waals surface area contributed by atoms with Crippen LogP contribution in [0, 0.1) is 6.07 Å². The second-order valence-electron chi connectivity index (χ2n) is 5.52. The third kappa shape index (κ3) is 3.14. The Morgan fingerprint density at radius 1 is 0.958 bits per heavy atom. The van der Waals surface area contributed by atoms with E-state index < -0.39 is 0 Å². The van der Waals surface area contributed by atoms with Crippen molar-refractivity contribution in [3.05, 3.63) is 90.0 Å². The van der Waals surface area contributed by atoms with E-state index in [0.717, 1.165) is 27.7 Å². The van der Waals surface area contributed by atoms with Crippen LogP contribution in [0.25, 0.3) is 10.8 Å². The summed E-state index contributed by atoms with van der Waals surface area (Å²) in [6, 6.07) is 23.1. The molecule has 0 saturated carbocycles. The van der Waals surface area contributed by atoms with Gasteiger partial charge in [0.2, 0.25) is 0 Å². The van der Waals surface area contributed by atoms with Crippen molar-refractivity contribution in [2.24, 2.45) is 4.99 Å². The number of carbonyl (C=O) groups is 1. The molecule has 0 atom stereocenters. The first kappa shape index (κ1) is 16.5. The summed E-state index contributed by atoms with van der Waals surface area (Å²) in [5.41, 5.74) is 3.16. The summed E-state index contributed by atoms with van der Waals surface area (Å²) in [5.74, 6) is 0.0992. The van der Waals surface area contributed by atoms with Gasteiger partial charge in [-0.1, -0.05) is 53.9 Å². The fourth-order valence-electron chi connectivity index (χ4n) is 2.79. The topological polar surface area (TPSA) is 29.4 Å². The minimum Gasteiger partial charge on any atom is -0.296 e. The molecule has 0 aliphatic carbocycles.